The van der Waals surface area contributed by atoms with Gasteiger partial charge in [-0.05, 0) is 23.8 Å². The third kappa shape index (κ3) is 2.67. The highest BCUT2D eigenvalue weighted by Gasteiger charge is 2.18. The summed E-state index contributed by atoms with van der Waals surface area (Å²) in [6.45, 7) is 2.04. The summed E-state index contributed by atoms with van der Waals surface area (Å²) >= 11 is 0. The lowest BCUT2D eigenvalue weighted by molar-refractivity contribution is 0.164. The summed E-state index contributed by atoms with van der Waals surface area (Å²) in [5.41, 5.74) is 0.749. The molecule has 0 bridgehead atoms. The Kier molecular flexibility index (Phi) is 3.93. The van der Waals surface area contributed by atoms with Gasteiger partial charge in [0.15, 0.2) is 0 Å². The number of aliphatic hydroxyl groups excluding tert-OH is 1. The van der Waals surface area contributed by atoms with Gasteiger partial charge in [0, 0.05) is 5.56 Å². The number of rotatable bonds is 5. The summed E-state index contributed by atoms with van der Waals surface area (Å²) < 4.78 is 13.2. The first-order chi connectivity index (χ1) is 8.72. The zero-order valence-corrected chi connectivity index (χ0v) is 9.97. The van der Waals surface area contributed by atoms with Crippen LogP contribution in [0.1, 0.15) is 37.9 Å². The molecule has 2 aromatic rings. The summed E-state index contributed by atoms with van der Waals surface area (Å²) in [5, 5.41) is 23.3. The molecular weight excluding hydrogens is 237 g/mol. The lowest BCUT2D eigenvalue weighted by Crippen LogP contribution is -2.04. The third-order valence-electron chi connectivity index (χ3n) is 2.64. The van der Waals surface area contributed by atoms with E-state index in [9.17, 15) is 9.50 Å². The minimum absolute atomic E-state index is 0.181. The molecule has 0 aliphatic heterocycles. The van der Waals surface area contributed by atoms with Crippen molar-refractivity contribution in [1.82, 2.24) is 25.6 Å². The van der Waals surface area contributed by atoms with Crippen molar-refractivity contribution in [3.63, 3.8) is 0 Å². The van der Waals surface area contributed by atoms with Crippen LogP contribution in [-0.4, -0.2) is 30.7 Å². The summed E-state index contributed by atoms with van der Waals surface area (Å²) in [5.74, 6) is -0.457. The second kappa shape index (κ2) is 5.63. The maximum absolute atomic E-state index is 13.2. The van der Waals surface area contributed by atoms with Gasteiger partial charge >= 0.3 is 0 Å². The molecule has 0 aliphatic carbocycles. The summed E-state index contributed by atoms with van der Waals surface area (Å²) in [7, 11) is 0. The molecule has 1 atom stereocenters. The minimum Gasteiger partial charge on any atom is -0.388 e. The van der Waals surface area contributed by atoms with Gasteiger partial charge in [-0.25, -0.2) is 4.98 Å². The molecule has 2 aromatic heterocycles. The summed E-state index contributed by atoms with van der Waals surface area (Å²) in [6, 6.07) is 2.72. The number of halogens is 1. The topological polar surface area (TPSA) is 87.6 Å². The fourth-order valence-electron chi connectivity index (χ4n) is 1.71. The fourth-order valence-corrected chi connectivity index (χ4v) is 1.71. The quantitative estimate of drug-likeness (QED) is 0.788. The van der Waals surface area contributed by atoms with Crippen LogP contribution in [0.3, 0.4) is 0 Å². The van der Waals surface area contributed by atoms with Gasteiger partial charge in [-0.2, -0.15) is 9.60 Å². The van der Waals surface area contributed by atoms with E-state index < -0.39 is 12.1 Å². The highest BCUT2D eigenvalue weighted by atomic mass is 19.1. The van der Waals surface area contributed by atoms with Crippen LogP contribution in [-0.2, 0) is 0 Å². The van der Waals surface area contributed by atoms with Gasteiger partial charge in [-0.1, -0.05) is 19.8 Å². The van der Waals surface area contributed by atoms with Crippen LogP contribution in [0.5, 0.6) is 0 Å². The number of nitrogens with zero attached hydrogens (tertiary/aromatic N) is 4. The number of H-pyrrole nitrogens is 1. The van der Waals surface area contributed by atoms with E-state index in [0.29, 0.717) is 12.0 Å². The number of nitrogens with one attached hydrogen (secondary N) is 1. The Hall–Kier alpha value is -1.89. The first-order valence-corrected chi connectivity index (χ1v) is 5.80. The summed E-state index contributed by atoms with van der Waals surface area (Å²) in [4.78, 5) is 3.73. The van der Waals surface area contributed by atoms with Crippen molar-refractivity contribution >= 4 is 0 Å². The van der Waals surface area contributed by atoms with E-state index in [0.717, 1.165) is 12.8 Å². The molecule has 1 unspecified atom stereocenters. The largest absolute Gasteiger partial charge is 0.388 e. The Bertz CT molecular complexity index is 502. The van der Waals surface area contributed by atoms with Gasteiger partial charge in [0.25, 0.3) is 0 Å². The highest BCUT2D eigenvalue weighted by molar-refractivity contribution is 5.54. The maximum Gasteiger partial charge on any atom is 0.223 e. The van der Waals surface area contributed by atoms with Gasteiger partial charge in [0.1, 0.15) is 5.69 Å². The van der Waals surface area contributed by atoms with Crippen LogP contribution in [0.2, 0.25) is 0 Å². The number of aromatic amines is 1. The Labute approximate surface area is 103 Å². The van der Waals surface area contributed by atoms with E-state index in [1.54, 1.807) is 0 Å². The van der Waals surface area contributed by atoms with Crippen LogP contribution >= 0.6 is 0 Å². The minimum atomic E-state index is -0.702. The zero-order chi connectivity index (χ0) is 13.0. The molecule has 0 fully saturated rings. The number of pyridine rings is 1. The molecule has 2 heterocycles. The Morgan fingerprint density at radius 1 is 1.44 bits per heavy atom. The van der Waals surface area contributed by atoms with E-state index in [-0.39, 0.29) is 11.5 Å². The van der Waals surface area contributed by atoms with Crippen molar-refractivity contribution in [1.29, 1.82) is 0 Å². The highest BCUT2D eigenvalue weighted by Crippen LogP contribution is 2.26. The van der Waals surface area contributed by atoms with Gasteiger partial charge in [0.05, 0.1) is 6.10 Å². The molecule has 7 heteroatoms. The third-order valence-corrected chi connectivity index (χ3v) is 2.64. The van der Waals surface area contributed by atoms with Crippen LogP contribution in [0, 0.1) is 5.95 Å². The number of aromatic nitrogens is 5. The molecule has 18 heavy (non-hydrogen) atoms. The smallest absolute Gasteiger partial charge is 0.223 e. The average molecular weight is 251 g/mol. The Morgan fingerprint density at radius 3 is 2.94 bits per heavy atom. The first-order valence-electron chi connectivity index (χ1n) is 5.80. The number of hydrogen-bond donors (Lipinski definition) is 2. The predicted octanol–water partition coefficient (Wildman–Crippen LogP) is 1.62. The molecule has 2 N–H and O–H groups in total. The monoisotopic (exact) mass is 251 g/mol. The molecule has 2 rings (SSSR count). The fraction of sp³-hybridized carbons (Fsp3) is 0.455. The van der Waals surface area contributed by atoms with Crippen molar-refractivity contribution in [2.75, 3.05) is 0 Å². The molecule has 6 nitrogen and oxygen atoms in total. The zero-order valence-electron chi connectivity index (χ0n) is 9.97. The first kappa shape index (κ1) is 12.6. The van der Waals surface area contributed by atoms with Crippen molar-refractivity contribution in [2.45, 2.75) is 32.3 Å². The van der Waals surface area contributed by atoms with E-state index in [1.807, 2.05) is 6.92 Å². The van der Waals surface area contributed by atoms with E-state index in [4.69, 9.17) is 0 Å². The van der Waals surface area contributed by atoms with Crippen molar-refractivity contribution in [2.24, 2.45) is 0 Å². The van der Waals surface area contributed by atoms with Gasteiger partial charge in [-0.3, -0.25) is 0 Å². The van der Waals surface area contributed by atoms with Crippen molar-refractivity contribution in [3.05, 3.63) is 23.6 Å². The second-order valence-electron chi connectivity index (χ2n) is 3.97. The maximum atomic E-state index is 13.2. The number of aliphatic hydroxyl groups is 1. The number of tetrazole rings is 1. The molecule has 0 aliphatic rings. The van der Waals surface area contributed by atoms with E-state index in [1.165, 1.54) is 12.1 Å². The molecule has 0 aromatic carbocycles. The summed E-state index contributed by atoms with van der Waals surface area (Å²) in [6.07, 6.45) is 1.74. The van der Waals surface area contributed by atoms with Gasteiger partial charge in [0.2, 0.25) is 11.8 Å². The van der Waals surface area contributed by atoms with E-state index >= 15 is 0 Å². The average Bonchev–Trinajstić information content (AvgIpc) is 2.89. The Morgan fingerprint density at radius 2 is 2.28 bits per heavy atom. The number of unbranched alkanes of at least 4 members (excludes halogenated alkanes) is 1. The normalized spacial score (nSPS) is 12.6. The van der Waals surface area contributed by atoms with Crippen LogP contribution in [0.15, 0.2) is 12.1 Å². The van der Waals surface area contributed by atoms with Crippen molar-refractivity contribution < 1.29 is 9.50 Å². The molecular formula is C11H14FN5O. The molecule has 0 radical (unpaired) electrons. The van der Waals surface area contributed by atoms with Crippen LogP contribution < -0.4 is 0 Å². The lowest BCUT2D eigenvalue weighted by Gasteiger charge is -2.12. The molecule has 0 saturated carbocycles. The second-order valence-corrected chi connectivity index (χ2v) is 3.97. The predicted molar refractivity (Wildman–Crippen MR) is 61.9 cm³/mol. The van der Waals surface area contributed by atoms with Crippen molar-refractivity contribution in [3.8, 4) is 11.5 Å². The van der Waals surface area contributed by atoms with Crippen LogP contribution in [0.4, 0.5) is 4.39 Å². The van der Waals surface area contributed by atoms with Gasteiger partial charge in [-0.15, -0.1) is 10.2 Å². The standard InChI is InChI=1S/C11H14FN5O/c1-2-3-4-8(18)7-5-6-9(12)13-10(7)11-14-16-17-15-11/h5-6,8,18H,2-4H2,1H3,(H,14,15,16,17). The number of hydrogen-bond acceptors (Lipinski definition) is 5. The molecule has 0 spiro atoms. The molecule has 0 saturated heterocycles. The SMILES string of the molecule is CCCCC(O)c1ccc(F)nc1-c1nn[nH]n1. The van der Waals surface area contributed by atoms with Gasteiger partial charge < -0.3 is 5.11 Å². The Balaban J connectivity index is 2.35. The molecule has 0 amide bonds. The van der Waals surface area contributed by atoms with Crippen LogP contribution in [0.25, 0.3) is 11.5 Å². The lowest BCUT2D eigenvalue weighted by atomic mass is 10.0. The molecule has 96 valence electrons. The van der Waals surface area contributed by atoms with E-state index in [2.05, 4.69) is 25.6 Å².